The molecule has 3 aromatic carbocycles. The molecule has 0 spiro atoms. The molecule has 43 heavy (non-hydrogen) atoms. The summed E-state index contributed by atoms with van der Waals surface area (Å²) >= 11 is 0. The van der Waals surface area contributed by atoms with E-state index in [4.69, 9.17) is 4.74 Å². The second-order valence-corrected chi connectivity index (χ2v) is 11.4. The van der Waals surface area contributed by atoms with Crippen molar-refractivity contribution in [1.29, 1.82) is 0 Å². The predicted octanol–water partition coefficient (Wildman–Crippen LogP) is 5.16. The smallest absolute Gasteiger partial charge is 0.251 e. The third-order valence-corrected chi connectivity index (χ3v) is 8.13. The van der Waals surface area contributed by atoms with Crippen LogP contribution in [0.15, 0.2) is 72.3 Å². The lowest BCUT2D eigenvalue weighted by Gasteiger charge is -2.44. The number of hydrogen-bond donors (Lipinski definition) is 1. The molecule has 1 saturated heterocycles. The maximum atomic E-state index is 14.2. The lowest BCUT2D eigenvalue weighted by Crippen LogP contribution is -2.61. The van der Waals surface area contributed by atoms with Gasteiger partial charge in [0.1, 0.15) is 6.10 Å². The minimum atomic E-state index is -1.36. The van der Waals surface area contributed by atoms with Crippen molar-refractivity contribution in [2.24, 2.45) is 0 Å². The molecule has 1 fully saturated rings. The van der Waals surface area contributed by atoms with Crippen LogP contribution in [0.3, 0.4) is 0 Å². The monoisotopic (exact) mass is 591 g/mol. The highest BCUT2D eigenvalue weighted by atomic mass is 19.2. The molecule has 2 bridgehead atoms. The molecule has 2 amide bonds. The Labute approximate surface area is 250 Å². The Kier molecular flexibility index (Phi) is 9.20. The van der Waals surface area contributed by atoms with Crippen LogP contribution in [0, 0.1) is 17.5 Å². The highest BCUT2D eigenvalue weighted by Gasteiger charge is 2.39. The summed E-state index contributed by atoms with van der Waals surface area (Å²) in [5, 5.41) is 3.57. The third-order valence-electron chi connectivity index (χ3n) is 8.13. The fourth-order valence-electron chi connectivity index (χ4n) is 5.95. The molecule has 5 rings (SSSR count). The van der Waals surface area contributed by atoms with Crippen molar-refractivity contribution < 1.29 is 27.5 Å². The summed E-state index contributed by atoms with van der Waals surface area (Å²) in [5.41, 5.74) is 4.42. The number of fused-ring (bicyclic) bond motifs is 2. The number of hydrogen-bond acceptors (Lipinski definition) is 4. The number of carbonyl (C=O) groups excluding carboxylic acids is 2. The molecule has 0 saturated carbocycles. The van der Waals surface area contributed by atoms with Gasteiger partial charge >= 0.3 is 0 Å². The second-order valence-electron chi connectivity index (χ2n) is 11.4. The van der Waals surface area contributed by atoms with Crippen LogP contribution in [-0.4, -0.2) is 66.5 Å². The second kappa shape index (κ2) is 13.0. The molecule has 9 heteroatoms. The molecular formula is C34H36F3N3O3. The molecule has 0 aromatic heterocycles. The van der Waals surface area contributed by atoms with Crippen LogP contribution in [0.1, 0.15) is 37.0 Å². The van der Waals surface area contributed by atoms with Crippen LogP contribution in [0.4, 0.5) is 13.2 Å². The van der Waals surface area contributed by atoms with Gasteiger partial charge in [0.2, 0.25) is 11.7 Å². The summed E-state index contributed by atoms with van der Waals surface area (Å²) < 4.78 is 47.5. The molecule has 1 N–H and O–H groups in total. The standard InChI is InChI=1S/C34H36F3N3O3/c1-21(43-33-29(36)13-12-28(35)32(33)37)16-24-10-7-11-25(17-24)27-18-26-19-40(22(2)41)20-30(38-26)31(27)34(42)39(3)15-14-23-8-5-4-6-9-23/h4-13,17,21,26,30,38H,14-16,18-20H2,1-3H3/t21?,26?,30-/m1/s1. The van der Waals surface area contributed by atoms with E-state index in [0.717, 1.165) is 34.4 Å². The molecule has 3 aromatic rings. The van der Waals surface area contributed by atoms with Gasteiger partial charge in [0.15, 0.2) is 17.4 Å². The fourth-order valence-corrected chi connectivity index (χ4v) is 5.95. The maximum Gasteiger partial charge on any atom is 0.251 e. The zero-order valence-corrected chi connectivity index (χ0v) is 24.6. The highest BCUT2D eigenvalue weighted by molar-refractivity contribution is 6.03. The van der Waals surface area contributed by atoms with Crippen LogP contribution < -0.4 is 10.1 Å². The number of amides is 2. The van der Waals surface area contributed by atoms with Gasteiger partial charge in [0, 0.05) is 51.6 Å². The third kappa shape index (κ3) is 6.94. The molecule has 0 aliphatic carbocycles. The minimum absolute atomic E-state index is 0.00587. The topological polar surface area (TPSA) is 61.9 Å². The van der Waals surface area contributed by atoms with E-state index in [2.05, 4.69) is 5.32 Å². The quantitative estimate of drug-likeness (QED) is 0.350. The van der Waals surface area contributed by atoms with Crippen LogP contribution in [-0.2, 0) is 22.4 Å². The van der Waals surface area contributed by atoms with Crippen molar-refractivity contribution in [1.82, 2.24) is 15.1 Å². The van der Waals surface area contributed by atoms with Crippen molar-refractivity contribution in [3.05, 3.63) is 106 Å². The van der Waals surface area contributed by atoms with Gasteiger partial charge in [-0.05, 0) is 54.2 Å². The van der Waals surface area contributed by atoms with E-state index in [-0.39, 0.29) is 23.9 Å². The average Bonchev–Trinajstić information content (AvgIpc) is 3.00. The Bertz CT molecular complexity index is 1530. The molecule has 2 aliphatic heterocycles. The molecule has 2 unspecified atom stereocenters. The van der Waals surface area contributed by atoms with Gasteiger partial charge in [-0.25, -0.2) is 8.78 Å². The summed E-state index contributed by atoms with van der Waals surface area (Å²) in [4.78, 5) is 29.9. The normalized spacial score (nSPS) is 18.8. The molecule has 2 aliphatic rings. The fraction of sp³-hybridized carbons (Fsp3) is 0.353. The molecule has 2 heterocycles. The van der Waals surface area contributed by atoms with Crippen molar-refractivity contribution in [2.45, 2.75) is 51.3 Å². The van der Waals surface area contributed by atoms with Gasteiger partial charge < -0.3 is 19.9 Å². The number of nitrogens with zero attached hydrogens (tertiary/aromatic N) is 2. The molecule has 226 valence electrons. The highest BCUT2D eigenvalue weighted by Crippen LogP contribution is 2.35. The van der Waals surface area contributed by atoms with E-state index in [1.165, 1.54) is 0 Å². The van der Waals surface area contributed by atoms with Crippen LogP contribution in [0.5, 0.6) is 5.75 Å². The number of halogens is 3. The van der Waals surface area contributed by atoms with E-state index in [9.17, 15) is 22.8 Å². The first-order valence-corrected chi connectivity index (χ1v) is 14.5. The Balaban J connectivity index is 1.42. The van der Waals surface area contributed by atoms with Gasteiger partial charge in [-0.15, -0.1) is 0 Å². The predicted molar refractivity (Wildman–Crippen MR) is 159 cm³/mol. The van der Waals surface area contributed by atoms with Gasteiger partial charge in [-0.1, -0.05) is 54.6 Å². The van der Waals surface area contributed by atoms with E-state index in [1.807, 2.05) is 54.6 Å². The lowest BCUT2D eigenvalue weighted by molar-refractivity contribution is -0.132. The summed E-state index contributed by atoms with van der Waals surface area (Å²) in [7, 11) is 1.80. The molecule has 0 radical (unpaired) electrons. The molecule has 3 atom stereocenters. The number of ether oxygens (including phenoxy) is 1. The zero-order valence-electron chi connectivity index (χ0n) is 24.6. The summed E-state index contributed by atoms with van der Waals surface area (Å²) in [6.45, 7) is 4.70. The number of rotatable bonds is 9. The van der Waals surface area contributed by atoms with E-state index in [1.54, 1.807) is 30.7 Å². The largest absolute Gasteiger partial charge is 0.484 e. The van der Waals surface area contributed by atoms with Crippen molar-refractivity contribution in [2.75, 3.05) is 26.7 Å². The zero-order chi connectivity index (χ0) is 30.7. The lowest BCUT2D eigenvalue weighted by atomic mass is 9.82. The summed E-state index contributed by atoms with van der Waals surface area (Å²) in [5.74, 6) is -4.35. The summed E-state index contributed by atoms with van der Waals surface area (Å²) in [6, 6.07) is 18.9. The Morgan fingerprint density at radius 1 is 1.00 bits per heavy atom. The maximum absolute atomic E-state index is 14.2. The SMILES string of the molecule is CC(=O)N1CC2CC(c3cccc(CC(C)Oc4c(F)ccc(F)c4F)c3)=C(C(=O)N(C)CCc3ccccc3)[C@@H](C1)N2. The number of piperazine rings is 1. The van der Waals surface area contributed by atoms with Crippen molar-refractivity contribution in [3.8, 4) is 5.75 Å². The van der Waals surface area contributed by atoms with E-state index < -0.39 is 29.3 Å². The number of nitrogens with one attached hydrogen (secondary N) is 1. The van der Waals surface area contributed by atoms with Gasteiger partial charge in [-0.2, -0.15) is 4.39 Å². The van der Waals surface area contributed by atoms with Crippen LogP contribution >= 0.6 is 0 Å². The number of likely N-dealkylation sites (N-methyl/N-ethyl adjacent to an activating group) is 1. The Hall–Kier alpha value is -4.11. The van der Waals surface area contributed by atoms with Crippen LogP contribution in [0.25, 0.3) is 5.57 Å². The first-order chi connectivity index (χ1) is 20.6. The first-order valence-electron chi connectivity index (χ1n) is 14.5. The number of benzene rings is 3. The average molecular weight is 592 g/mol. The minimum Gasteiger partial charge on any atom is -0.484 e. The van der Waals surface area contributed by atoms with Crippen LogP contribution in [0.2, 0.25) is 0 Å². The van der Waals surface area contributed by atoms with Gasteiger partial charge in [0.05, 0.1) is 6.04 Å². The molecular weight excluding hydrogens is 555 g/mol. The molecule has 6 nitrogen and oxygen atoms in total. The van der Waals surface area contributed by atoms with E-state index in [0.29, 0.717) is 44.5 Å². The van der Waals surface area contributed by atoms with Gasteiger partial charge in [-0.3, -0.25) is 9.59 Å². The van der Waals surface area contributed by atoms with Crippen molar-refractivity contribution >= 4 is 17.4 Å². The van der Waals surface area contributed by atoms with E-state index >= 15 is 0 Å². The Morgan fingerprint density at radius 3 is 2.47 bits per heavy atom. The van der Waals surface area contributed by atoms with Crippen molar-refractivity contribution in [3.63, 3.8) is 0 Å². The Morgan fingerprint density at radius 2 is 1.72 bits per heavy atom. The number of carbonyl (C=O) groups is 2. The summed E-state index contributed by atoms with van der Waals surface area (Å²) in [6.07, 6.45) is 0.923. The van der Waals surface area contributed by atoms with Gasteiger partial charge in [0.25, 0.3) is 5.91 Å². The first kappa shape index (κ1) is 30.4.